The second kappa shape index (κ2) is 10.0. The smallest absolute Gasteiger partial charge is 0.184 e. The normalized spacial score (nSPS) is 46.4. The van der Waals surface area contributed by atoms with Crippen LogP contribution < -0.4 is 5.32 Å². The second-order valence-electron chi connectivity index (χ2n) is 8.54. The maximum Gasteiger partial charge on any atom is 0.184 e. The van der Waals surface area contributed by atoms with Gasteiger partial charge in [0.15, 0.2) is 12.1 Å². The highest BCUT2D eigenvalue weighted by atomic mass is 16.8. The number of aliphatic hydroxyl groups excluding tert-OH is 4. The molecule has 3 aliphatic heterocycles. The molecule has 3 aliphatic rings. The van der Waals surface area contributed by atoms with E-state index in [0.717, 1.165) is 0 Å². The lowest BCUT2D eigenvalue weighted by Crippen LogP contribution is -2.68. The van der Waals surface area contributed by atoms with Gasteiger partial charge in [0.05, 0.1) is 37.6 Å². The van der Waals surface area contributed by atoms with Gasteiger partial charge in [0.1, 0.15) is 25.1 Å². The zero-order valence-corrected chi connectivity index (χ0v) is 17.8. The molecule has 0 amide bonds. The third-order valence-electron chi connectivity index (χ3n) is 6.09. The third-order valence-corrected chi connectivity index (χ3v) is 6.09. The number of rotatable bonds is 7. The number of hydrogen-bond acceptors (Lipinski definition) is 11. The molecule has 0 bridgehead atoms. The van der Waals surface area contributed by atoms with Gasteiger partial charge in [0.2, 0.25) is 0 Å². The molecule has 0 aliphatic carbocycles. The highest BCUT2D eigenvalue weighted by molar-refractivity contribution is 5.02. The summed E-state index contributed by atoms with van der Waals surface area (Å²) in [5.41, 5.74) is 0. The molecular formula is C19H35NO10. The Morgan fingerprint density at radius 2 is 1.77 bits per heavy atom. The highest BCUT2D eigenvalue weighted by Gasteiger charge is 2.54. The molecule has 10 atom stereocenters. The summed E-state index contributed by atoms with van der Waals surface area (Å²) in [6.45, 7) is 3.53. The van der Waals surface area contributed by atoms with Crippen LogP contribution in [0.4, 0.5) is 0 Å². The molecule has 0 radical (unpaired) electrons. The maximum absolute atomic E-state index is 10.6. The largest absolute Gasteiger partial charge is 0.395 e. The molecule has 3 heterocycles. The molecule has 11 nitrogen and oxygen atoms in total. The average molecular weight is 437 g/mol. The molecule has 176 valence electrons. The zero-order valence-electron chi connectivity index (χ0n) is 17.8. The van der Waals surface area contributed by atoms with Crippen molar-refractivity contribution in [3.05, 3.63) is 0 Å². The summed E-state index contributed by atoms with van der Waals surface area (Å²) in [5.74, 6) is -1.17. The first-order valence-electron chi connectivity index (χ1n) is 10.2. The standard InChI is InChI=1S/C19H35NO10/c1-19(2)28-7-12-16(30-19)9(17(27-8-25-3)18(26-4)29-12)5-10-13(22)15(24)14(23)11(6-21)20-10/h9-18,20-24H,5-8H2,1-4H3/t9-,10-,11-,12-,13-,14-,15-,16-,17-,18+/m1/s1. The van der Waals surface area contributed by atoms with Crippen LogP contribution in [-0.4, -0.2) is 115 Å². The molecule has 0 spiro atoms. The molecule has 0 unspecified atom stereocenters. The van der Waals surface area contributed by atoms with Crippen LogP contribution in [0.25, 0.3) is 0 Å². The van der Waals surface area contributed by atoms with Crippen molar-refractivity contribution in [3.63, 3.8) is 0 Å². The van der Waals surface area contributed by atoms with E-state index in [1.54, 1.807) is 0 Å². The Hall–Kier alpha value is -0.440. The predicted molar refractivity (Wildman–Crippen MR) is 101 cm³/mol. The van der Waals surface area contributed by atoms with Gasteiger partial charge >= 0.3 is 0 Å². The Morgan fingerprint density at radius 1 is 1.07 bits per heavy atom. The summed E-state index contributed by atoms with van der Waals surface area (Å²) < 4.78 is 34.4. The fraction of sp³-hybridized carbons (Fsp3) is 1.00. The quantitative estimate of drug-likeness (QED) is 0.279. The molecule has 0 aromatic heterocycles. The minimum absolute atomic E-state index is 0.00290. The molecule has 0 aromatic rings. The zero-order chi connectivity index (χ0) is 22.1. The molecule has 3 fully saturated rings. The third kappa shape index (κ3) is 4.97. The summed E-state index contributed by atoms with van der Waals surface area (Å²) >= 11 is 0. The Kier molecular flexibility index (Phi) is 8.07. The van der Waals surface area contributed by atoms with Gasteiger partial charge in [-0.2, -0.15) is 0 Å². The number of hydrogen-bond donors (Lipinski definition) is 5. The van der Waals surface area contributed by atoms with E-state index in [1.807, 2.05) is 13.8 Å². The van der Waals surface area contributed by atoms with Crippen LogP contribution in [0.3, 0.4) is 0 Å². The van der Waals surface area contributed by atoms with Crippen LogP contribution in [0.5, 0.6) is 0 Å². The monoisotopic (exact) mass is 437 g/mol. The first-order chi connectivity index (χ1) is 14.2. The van der Waals surface area contributed by atoms with Crippen molar-refractivity contribution in [2.24, 2.45) is 5.92 Å². The van der Waals surface area contributed by atoms with E-state index in [0.29, 0.717) is 13.0 Å². The molecule has 5 N–H and O–H groups in total. The lowest BCUT2D eigenvalue weighted by molar-refractivity contribution is -0.381. The molecular weight excluding hydrogens is 402 g/mol. The molecule has 0 aromatic carbocycles. The van der Waals surface area contributed by atoms with Crippen molar-refractivity contribution in [1.29, 1.82) is 0 Å². The van der Waals surface area contributed by atoms with Crippen molar-refractivity contribution in [2.45, 2.75) is 81.1 Å². The van der Waals surface area contributed by atoms with E-state index in [-0.39, 0.29) is 19.3 Å². The summed E-state index contributed by atoms with van der Waals surface area (Å²) in [5, 5.41) is 43.5. The van der Waals surface area contributed by atoms with Crippen LogP contribution in [0, 0.1) is 5.92 Å². The number of fused-ring (bicyclic) bond motifs is 1. The second-order valence-corrected chi connectivity index (χ2v) is 8.54. The average Bonchev–Trinajstić information content (AvgIpc) is 2.72. The van der Waals surface area contributed by atoms with Gasteiger partial charge in [0.25, 0.3) is 0 Å². The van der Waals surface area contributed by atoms with Crippen molar-refractivity contribution < 1.29 is 48.8 Å². The predicted octanol–water partition coefficient (Wildman–Crippen LogP) is -2.08. The number of methoxy groups -OCH3 is 2. The Morgan fingerprint density at radius 3 is 2.40 bits per heavy atom. The van der Waals surface area contributed by atoms with Crippen molar-refractivity contribution >= 4 is 0 Å². The summed E-state index contributed by atoms with van der Waals surface area (Å²) in [4.78, 5) is 0. The topological polar surface area (TPSA) is 148 Å². The lowest BCUT2D eigenvalue weighted by Gasteiger charge is -2.52. The van der Waals surface area contributed by atoms with E-state index in [9.17, 15) is 20.4 Å². The summed E-state index contributed by atoms with van der Waals surface area (Å²) in [6.07, 6.45) is -5.79. The number of piperidine rings is 1. The van der Waals surface area contributed by atoms with Crippen LogP contribution in [0.2, 0.25) is 0 Å². The molecule has 0 saturated carbocycles. The summed E-state index contributed by atoms with van der Waals surface area (Å²) in [6, 6.07) is -1.40. The fourth-order valence-electron chi connectivity index (χ4n) is 4.55. The minimum atomic E-state index is -1.40. The first kappa shape index (κ1) is 24.2. The number of aliphatic hydroxyl groups is 4. The van der Waals surface area contributed by atoms with Crippen LogP contribution >= 0.6 is 0 Å². The minimum Gasteiger partial charge on any atom is -0.395 e. The van der Waals surface area contributed by atoms with E-state index in [4.69, 9.17) is 28.4 Å². The van der Waals surface area contributed by atoms with Gasteiger partial charge in [-0.05, 0) is 20.3 Å². The fourth-order valence-corrected chi connectivity index (χ4v) is 4.55. The van der Waals surface area contributed by atoms with E-state index < -0.39 is 60.8 Å². The van der Waals surface area contributed by atoms with Crippen molar-refractivity contribution in [2.75, 3.05) is 34.2 Å². The van der Waals surface area contributed by atoms with E-state index >= 15 is 0 Å². The van der Waals surface area contributed by atoms with Gasteiger partial charge in [0, 0.05) is 26.2 Å². The molecule has 30 heavy (non-hydrogen) atoms. The number of nitrogens with one attached hydrogen (secondary N) is 1. The maximum atomic E-state index is 10.6. The van der Waals surface area contributed by atoms with Gasteiger partial charge in [-0.25, -0.2) is 0 Å². The van der Waals surface area contributed by atoms with Crippen LogP contribution in [0.15, 0.2) is 0 Å². The van der Waals surface area contributed by atoms with Gasteiger partial charge in [-0.3, -0.25) is 0 Å². The highest BCUT2D eigenvalue weighted by Crippen LogP contribution is 2.40. The van der Waals surface area contributed by atoms with Crippen molar-refractivity contribution in [3.8, 4) is 0 Å². The Labute approximate surface area is 176 Å². The molecule has 3 rings (SSSR count). The van der Waals surface area contributed by atoms with Crippen LogP contribution in [-0.2, 0) is 28.4 Å². The van der Waals surface area contributed by atoms with Gasteiger partial charge in [-0.1, -0.05) is 0 Å². The summed E-state index contributed by atoms with van der Waals surface area (Å²) in [7, 11) is 3.02. The van der Waals surface area contributed by atoms with E-state index in [1.165, 1.54) is 14.2 Å². The number of ether oxygens (including phenoxy) is 6. The first-order valence-corrected chi connectivity index (χ1v) is 10.2. The SMILES string of the molecule is COCO[C@H]1[C@@H](OC)O[C@@H]2COC(C)(C)O[C@@H]2[C@H]1C[C@H]1N[C@H](CO)[C@@H](O)[C@H](O)[C@@H]1O. The molecule has 3 saturated heterocycles. The van der Waals surface area contributed by atoms with Gasteiger partial charge < -0.3 is 54.2 Å². The van der Waals surface area contributed by atoms with Crippen molar-refractivity contribution in [1.82, 2.24) is 5.32 Å². The van der Waals surface area contributed by atoms with Gasteiger partial charge in [-0.15, -0.1) is 0 Å². The Bertz CT molecular complexity index is 549. The van der Waals surface area contributed by atoms with Crippen LogP contribution in [0.1, 0.15) is 20.3 Å². The van der Waals surface area contributed by atoms with E-state index in [2.05, 4.69) is 5.32 Å². The lowest BCUT2D eigenvalue weighted by atomic mass is 9.79. The molecule has 11 heteroatoms. The Balaban J connectivity index is 1.86.